The molecule has 232 valence electrons. The quantitative estimate of drug-likeness (QED) is 0.0681. The second-order valence-corrected chi connectivity index (χ2v) is 12.1. The number of hydrogen-bond acceptors (Lipinski definition) is 5. The molecule has 0 saturated heterocycles. The van der Waals surface area contributed by atoms with E-state index in [1.807, 2.05) is 14.1 Å². The third-order valence-corrected chi connectivity index (χ3v) is 7.72. The first-order chi connectivity index (χ1) is 18.9. The number of nitrogens with zero attached hydrogens (tertiary/aromatic N) is 1. The highest BCUT2D eigenvalue weighted by atomic mass is 16.5. The lowest BCUT2D eigenvalue weighted by molar-refractivity contribution is -0.150. The second kappa shape index (κ2) is 28.4. The van der Waals surface area contributed by atoms with Gasteiger partial charge >= 0.3 is 11.9 Å². The van der Waals surface area contributed by atoms with Gasteiger partial charge in [-0.15, -0.1) is 0 Å². The Morgan fingerprint density at radius 2 is 1.15 bits per heavy atom. The smallest absolute Gasteiger partial charge is 0.306 e. The predicted octanol–water partition coefficient (Wildman–Crippen LogP) is 9.65. The van der Waals surface area contributed by atoms with Crippen molar-refractivity contribution in [2.75, 3.05) is 27.2 Å². The van der Waals surface area contributed by atoms with Gasteiger partial charge in [-0.05, 0) is 71.5 Å². The summed E-state index contributed by atoms with van der Waals surface area (Å²) in [4.78, 5) is 26.7. The molecule has 0 amide bonds. The maximum atomic E-state index is 12.4. The summed E-state index contributed by atoms with van der Waals surface area (Å²) < 4.78 is 11.4. The van der Waals surface area contributed by atoms with Crippen molar-refractivity contribution in [3.63, 3.8) is 0 Å². The Labute approximate surface area is 243 Å². The van der Waals surface area contributed by atoms with Crippen LogP contribution in [-0.4, -0.2) is 50.2 Å². The normalized spacial score (nSPS) is 13.0. The molecule has 0 aliphatic heterocycles. The van der Waals surface area contributed by atoms with Gasteiger partial charge < -0.3 is 14.4 Å². The van der Waals surface area contributed by atoms with Crippen LogP contribution in [0.3, 0.4) is 0 Å². The lowest BCUT2D eigenvalue weighted by atomic mass is 9.94. The zero-order chi connectivity index (χ0) is 29.0. The number of rotatable bonds is 29. The summed E-state index contributed by atoms with van der Waals surface area (Å²) in [5, 5.41) is 0. The number of carbonyl (C=O) groups is 2. The summed E-state index contributed by atoms with van der Waals surface area (Å²) in [5.41, 5.74) is 0. The molecule has 2 atom stereocenters. The lowest BCUT2D eigenvalue weighted by Crippen LogP contribution is -2.20. The first-order valence-electron chi connectivity index (χ1n) is 16.9. The third-order valence-electron chi connectivity index (χ3n) is 7.72. The van der Waals surface area contributed by atoms with Crippen LogP contribution >= 0.6 is 0 Å². The van der Waals surface area contributed by atoms with E-state index >= 15 is 0 Å². The minimum atomic E-state index is -0.0225. The minimum absolute atomic E-state index is 0.00665. The van der Waals surface area contributed by atoms with E-state index < -0.39 is 0 Å². The Hall–Kier alpha value is -1.10. The predicted molar refractivity (Wildman–Crippen MR) is 166 cm³/mol. The first-order valence-corrected chi connectivity index (χ1v) is 16.9. The Balaban J connectivity index is 4.07. The largest absolute Gasteiger partial charge is 0.466 e. The van der Waals surface area contributed by atoms with Gasteiger partial charge in [-0.2, -0.15) is 0 Å². The van der Waals surface area contributed by atoms with Crippen LogP contribution in [0.1, 0.15) is 168 Å². The van der Waals surface area contributed by atoms with E-state index in [2.05, 4.69) is 25.7 Å². The highest BCUT2D eigenvalue weighted by Gasteiger charge is 2.15. The third kappa shape index (κ3) is 26.9. The van der Waals surface area contributed by atoms with Gasteiger partial charge in [0.15, 0.2) is 0 Å². The molecule has 5 nitrogen and oxygen atoms in total. The fraction of sp³-hybridized carbons (Fsp3) is 0.941. The van der Waals surface area contributed by atoms with Gasteiger partial charge in [0, 0.05) is 12.8 Å². The Kier molecular flexibility index (Phi) is 27.6. The van der Waals surface area contributed by atoms with Crippen LogP contribution < -0.4 is 0 Å². The Morgan fingerprint density at radius 1 is 0.590 bits per heavy atom. The van der Waals surface area contributed by atoms with Crippen LogP contribution in [0.5, 0.6) is 0 Å². The van der Waals surface area contributed by atoms with Crippen molar-refractivity contribution in [1.29, 1.82) is 0 Å². The van der Waals surface area contributed by atoms with E-state index in [1.54, 1.807) is 0 Å². The average molecular weight is 554 g/mol. The molecule has 5 heteroatoms. The SMILES string of the molecule is CCCCCCCCCC(CCCCCCCCOC(=O)CC(CCC)CCCC)OC(=O)CCCN(C)C. The van der Waals surface area contributed by atoms with Crippen molar-refractivity contribution in [2.45, 2.75) is 175 Å². The van der Waals surface area contributed by atoms with Crippen molar-refractivity contribution < 1.29 is 19.1 Å². The van der Waals surface area contributed by atoms with Crippen LogP contribution in [0, 0.1) is 5.92 Å². The van der Waals surface area contributed by atoms with Crippen molar-refractivity contribution in [3.05, 3.63) is 0 Å². The summed E-state index contributed by atoms with van der Waals surface area (Å²) in [6.45, 7) is 8.15. The molecular weight excluding hydrogens is 486 g/mol. The van der Waals surface area contributed by atoms with Crippen LogP contribution in [0.25, 0.3) is 0 Å². The van der Waals surface area contributed by atoms with Gasteiger partial charge in [0.25, 0.3) is 0 Å². The van der Waals surface area contributed by atoms with Gasteiger partial charge in [-0.1, -0.05) is 111 Å². The van der Waals surface area contributed by atoms with E-state index in [9.17, 15) is 9.59 Å². The number of esters is 2. The number of unbranched alkanes of at least 4 members (excludes halogenated alkanes) is 12. The maximum Gasteiger partial charge on any atom is 0.306 e. The molecule has 0 heterocycles. The fourth-order valence-corrected chi connectivity index (χ4v) is 5.29. The summed E-state index contributed by atoms with van der Waals surface area (Å²) >= 11 is 0. The standard InChI is InChI=1S/C34H67NO4/c1-6-9-11-12-13-16-19-25-32(39-33(36)27-22-28-35(4)5)26-20-17-14-15-18-21-29-38-34(37)30-31(23-8-3)24-10-7-2/h31-32H,6-30H2,1-5H3. The zero-order valence-electron chi connectivity index (χ0n) is 26.9. The van der Waals surface area contributed by atoms with E-state index in [-0.39, 0.29) is 18.0 Å². The number of hydrogen-bond donors (Lipinski definition) is 0. The molecule has 0 saturated carbocycles. The van der Waals surface area contributed by atoms with Crippen molar-refractivity contribution in [3.8, 4) is 0 Å². The van der Waals surface area contributed by atoms with Gasteiger partial charge in [0.05, 0.1) is 6.61 Å². The Bertz CT molecular complexity index is 551. The highest BCUT2D eigenvalue weighted by Crippen LogP contribution is 2.20. The molecule has 0 bridgehead atoms. The molecule has 0 fully saturated rings. The lowest BCUT2D eigenvalue weighted by Gasteiger charge is -2.18. The van der Waals surface area contributed by atoms with Crippen LogP contribution in [-0.2, 0) is 19.1 Å². The van der Waals surface area contributed by atoms with Gasteiger partial charge in [0.2, 0.25) is 0 Å². The number of carbonyl (C=O) groups excluding carboxylic acids is 2. The molecule has 0 spiro atoms. The minimum Gasteiger partial charge on any atom is -0.466 e. The first kappa shape index (κ1) is 37.9. The monoisotopic (exact) mass is 554 g/mol. The zero-order valence-corrected chi connectivity index (χ0v) is 26.9. The van der Waals surface area contributed by atoms with Crippen LogP contribution in [0.2, 0.25) is 0 Å². The van der Waals surface area contributed by atoms with E-state index in [4.69, 9.17) is 9.47 Å². The molecule has 0 rings (SSSR count). The fourth-order valence-electron chi connectivity index (χ4n) is 5.29. The van der Waals surface area contributed by atoms with Crippen molar-refractivity contribution >= 4 is 11.9 Å². The molecule has 2 unspecified atom stereocenters. The molecular formula is C34H67NO4. The van der Waals surface area contributed by atoms with E-state index in [0.717, 1.165) is 70.8 Å². The molecule has 39 heavy (non-hydrogen) atoms. The molecule has 0 aromatic heterocycles. The highest BCUT2D eigenvalue weighted by molar-refractivity contribution is 5.69. The molecule has 0 aliphatic carbocycles. The van der Waals surface area contributed by atoms with Crippen molar-refractivity contribution in [2.24, 2.45) is 5.92 Å². The summed E-state index contributed by atoms with van der Waals surface area (Å²) in [7, 11) is 4.08. The van der Waals surface area contributed by atoms with Crippen LogP contribution in [0.15, 0.2) is 0 Å². The van der Waals surface area contributed by atoms with Gasteiger partial charge in [-0.3, -0.25) is 9.59 Å². The topological polar surface area (TPSA) is 55.8 Å². The molecule has 0 N–H and O–H groups in total. The number of ether oxygens (including phenoxy) is 2. The summed E-state index contributed by atoms with van der Waals surface area (Å²) in [6, 6.07) is 0. The summed E-state index contributed by atoms with van der Waals surface area (Å²) in [6.07, 6.45) is 25.7. The molecule has 0 aliphatic rings. The van der Waals surface area contributed by atoms with Gasteiger partial charge in [0.1, 0.15) is 6.10 Å². The molecule has 0 aromatic rings. The molecule has 0 aromatic carbocycles. The summed E-state index contributed by atoms with van der Waals surface area (Å²) in [5.74, 6) is 0.466. The van der Waals surface area contributed by atoms with E-state index in [1.165, 1.54) is 70.6 Å². The van der Waals surface area contributed by atoms with E-state index in [0.29, 0.717) is 25.4 Å². The average Bonchev–Trinajstić information content (AvgIpc) is 2.89. The Morgan fingerprint density at radius 3 is 1.72 bits per heavy atom. The second-order valence-electron chi connectivity index (χ2n) is 12.1. The van der Waals surface area contributed by atoms with Gasteiger partial charge in [-0.25, -0.2) is 0 Å². The maximum absolute atomic E-state index is 12.4. The van der Waals surface area contributed by atoms with Crippen LogP contribution in [0.4, 0.5) is 0 Å². The molecule has 0 radical (unpaired) electrons. The van der Waals surface area contributed by atoms with Crippen molar-refractivity contribution in [1.82, 2.24) is 4.90 Å².